The lowest BCUT2D eigenvalue weighted by Gasteiger charge is -2.26. The van der Waals surface area contributed by atoms with Crippen molar-refractivity contribution in [1.82, 2.24) is 4.90 Å². The van der Waals surface area contributed by atoms with Gasteiger partial charge in [0.1, 0.15) is 6.61 Å². The lowest BCUT2D eigenvalue weighted by atomic mass is 9.84. The molecule has 3 heteroatoms. The van der Waals surface area contributed by atoms with Crippen molar-refractivity contribution in [2.75, 3.05) is 26.2 Å². The van der Waals surface area contributed by atoms with Crippen molar-refractivity contribution in [1.29, 1.82) is 0 Å². The van der Waals surface area contributed by atoms with Gasteiger partial charge < -0.3 is 4.84 Å². The molecule has 3 rings (SSSR count). The van der Waals surface area contributed by atoms with Crippen molar-refractivity contribution in [2.24, 2.45) is 11.1 Å². The average molecular weight is 326 g/mol. The van der Waals surface area contributed by atoms with E-state index in [1.165, 1.54) is 56.3 Å². The quantitative estimate of drug-likeness (QED) is 0.576. The van der Waals surface area contributed by atoms with Crippen LogP contribution in [0.15, 0.2) is 41.1 Å². The Bertz CT molecular complexity index is 558. The number of hydrogen-bond donors (Lipinski definition) is 0. The summed E-state index contributed by atoms with van der Waals surface area (Å²) in [5.41, 5.74) is 3.75. The molecule has 1 atom stereocenters. The molecule has 0 bridgehead atoms. The van der Waals surface area contributed by atoms with E-state index in [-0.39, 0.29) is 0 Å². The van der Waals surface area contributed by atoms with Gasteiger partial charge in [-0.2, -0.15) is 0 Å². The second kappa shape index (κ2) is 9.03. The highest BCUT2D eigenvalue weighted by molar-refractivity contribution is 6.05. The van der Waals surface area contributed by atoms with Gasteiger partial charge in [-0.25, -0.2) is 0 Å². The second-order valence-electron chi connectivity index (χ2n) is 7.09. The highest BCUT2D eigenvalue weighted by Gasteiger charge is 2.21. The third-order valence-electron chi connectivity index (χ3n) is 5.13. The smallest absolute Gasteiger partial charge is 0.129 e. The standard InChI is InChI=1S/C21H30N2O/c1-18-9-8-12-20(17-19-10-4-2-5-11-19)21(18)22-24-16-15-23-13-6-3-7-14-23/h2,4-5,10-11,17-18H,3,6-9,12-16H2,1H3/t18-/m0/s1. The largest absolute Gasteiger partial charge is 0.394 e. The summed E-state index contributed by atoms with van der Waals surface area (Å²) in [4.78, 5) is 8.21. The fourth-order valence-electron chi connectivity index (χ4n) is 3.69. The summed E-state index contributed by atoms with van der Waals surface area (Å²) in [7, 11) is 0. The van der Waals surface area contributed by atoms with E-state index in [9.17, 15) is 0 Å². The Morgan fingerprint density at radius 2 is 1.92 bits per heavy atom. The van der Waals surface area contributed by atoms with Crippen LogP contribution in [0.3, 0.4) is 0 Å². The Morgan fingerprint density at radius 1 is 1.12 bits per heavy atom. The zero-order chi connectivity index (χ0) is 16.6. The van der Waals surface area contributed by atoms with Gasteiger partial charge in [-0.1, -0.05) is 48.8 Å². The molecular formula is C21H30N2O. The van der Waals surface area contributed by atoms with E-state index >= 15 is 0 Å². The first-order valence-electron chi connectivity index (χ1n) is 9.51. The number of allylic oxidation sites excluding steroid dienone is 1. The molecule has 3 nitrogen and oxygen atoms in total. The Labute approximate surface area is 146 Å². The van der Waals surface area contributed by atoms with Gasteiger partial charge in [0, 0.05) is 12.5 Å². The third-order valence-corrected chi connectivity index (χ3v) is 5.13. The number of oxime groups is 1. The predicted molar refractivity (Wildman–Crippen MR) is 101 cm³/mol. The van der Waals surface area contributed by atoms with E-state index in [1.54, 1.807) is 0 Å². The van der Waals surface area contributed by atoms with Gasteiger partial charge in [0.25, 0.3) is 0 Å². The molecule has 0 unspecified atom stereocenters. The lowest BCUT2D eigenvalue weighted by molar-refractivity contribution is 0.101. The van der Waals surface area contributed by atoms with Crippen molar-refractivity contribution in [2.45, 2.75) is 45.4 Å². The Hall–Kier alpha value is -1.61. The van der Waals surface area contributed by atoms with Crippen molar-refractivity contribution < 1.29 is 4.84 Å². The zero-order valence-electron chi connectivity index (χ0n) is 14.9. The van der Waals surface area contributed by atoms with Crippen molar-refractivity contribution >= 4 is 11.8 Å². The molecule has 0 spiro atoms. The molecule has 1 saturated carbocycles. The monoisotopic (exact) mass is 326 g/mol. The highest BCUT2D eigenvalue weighted by atomic mass is 16.6. The molecule has 0 radical (unpaired) electrons. The molecule has 0 N–H and O–H groups in total. The van der Waals surface area contributed by atoms with Crippen LogP contribution < -0.4 is 0 Å². The molecule has 130 valence electrons. The van der Waals surface area contributed by atoms with Gasteiger partial charge in [0.15, 0.2) is 0 Å². The van der Waals surface area contributed by atoms with Crippen LogP contribution in [0.2, 0.25) is 0 Å². The maximum absolute atomic E-state index is 5.72. The van der Waals surface area contributed by atoms with Gasteiger partial charge in [-0.05, 0) is 62.4 Å². The molecule has 1 aliphatic heterocycles. The first-order valence-corrected chi connectivity index (χ1v) is 9.51. The van der Waals surface area contributed by atoms with Crippen LogP contribution in [-0.2, 0) is 4.84 Å². The molecule has 0 amide bonds. The summed E-state index contributed by atoms with van der Waals surface area (Å²) in [6.45, 7) is 6.41. The third kappa shape index (κ3) is 4.94. The number of hydrogen-bond acceptors (Lipinski definition) is 3. The summed E-state index contributed by atoms with van der Waals surface area (Å²) >= 11 is 0. The van der Waals surface area contributed by atoms with Crippen LogP contribution in [0, 0.1) is 5.92 Å². The Kier molecular flexibility index (Phi) is 6.48. The first-order chi connectivity index (χ1) is 11.8. The summed E-state index contributed by atoms with van der Waals surface area (Å²) in [6, 6.07) is 10.5. The summed E-state index contributed by atoms with van der Waals surface area (Å²) in [5.74, 6) is 0.490. The first kappa shape index (κ1) is 17.2. The van der Waals surface area contributed by atoms with Crippen molar-refractivity contribution in [3.8, 4) is 0 Å². The van der Waals surface area contributed by atoms with Crippen LogP contribution in [0.25, 0.3) is 6.08 Å². The second-order valence-corrected chi connectivity index (χ2v) is 7.09. The van der Waals surface area contributed by atoms with E-state index in [4.69, 9.17) is 4.84 Å². The van der Waals surface area contributed by atoms with E-state index in [0.717, 1.165) is 18.7 Å². The van der Waals surface area contributed by atoms with Gasteiger partial charge in [-0.15, -0.1) is 0 Å². The van der Waals surface area contributed by atoms with Crippen LogP contribution in [0.1, 0.15) is 51.0 Å². The van der Waals surface area contributed by atoms with Gasteiger partial charge in [0.2, 0.25) is 0 Å². The summed E-state index contributed by atoms with van der Waals surface area (Å²) < 4.78 is 0. The van der Waals surface area contributed by atoms with Crippen molar-refractivity contribution in [3.63, 3.8) is 0 Å². The minimum Gasteiger partial charge on any atom is -0.394 e. The molecule has 1 saturated heterocycles. The SMILES string of the molecule is C[C@H]1CCCC(=Cc2ccccc2)C1=NOCCN1CCCCC1. The number of likely N-dealkylation sites (tertiary alicyclic amines) is 1. The van der Waals surface area contributed by atoms with Crippen LogP contribution in [0.5, 0.6) is 0 Å². The number of piperidine rings is 1. The normalized spacial score (nSPS) is 26.0. The number of benzene rings is 1. The molecular weight excluding hydrogens is 296 g/mol. The topological polar surface area (TPSA) is 24.8 Å². The highest BCUT2D eigenvalue weighted by Crippen LogP contribution is 2.28. The molecule has 1 aromatic rings. The molecule has 1 heterocycles. The zero-order valence-corrected chi connectivity index (χ0v) is 14.9. The Balaban J connectivity index is 1.60. The molecule has 0 aromatic heterocycles. The molecule has 1 aliphatic carbocycles. The number of rotatable bonds is 5. The van der Waals surface area contributed by atoms with E-state index in [0.29, 0.717) is 12.5 Å². The van der Waals surface area contributed by atoms with E-state index in [2.05, 4.69) is 53.4 Å². The fraction of sp³-hybridized carbons (Fsp3) is 0.571. The van der Waals surface area contributed by atoms with Crippen LogP contribution >= 0.6 is 0 Å². The summed E-state index contributed by atoms with van der Waals surface area (Å²) in [5, 5.41) is 4.55. The minimum absolute atomic E-state index is 0.490. The maximum Gasteiger partial charge on any atom is 0.129 e. The minimum atomic E-state index is 0.490. The predicted octanol–water partition coefficient (Wildman–Crippen LogP) is 4.75. The van der Waals surface area contributed by atoms with Gasteiger partial charge >= 0.3 is 0 Å². The van der Waals surface area contributed by atoms with Crippen LogP contribution in [0.4, 0.5) is 0 Å². The van der Waals surface area contributed by atoms with E-state index < -0.39 is 0 Å². The fourth-order valence-corrected chi connectivity index (χ4v) is 3.69. The van der Waals surface area contributed by atoms with Crippen LogP contribution in [-0.4, -0.2) is 36.9 Å². The summed E-state index contributed by atoms with van der Waals surface area (Å²) in [6.07, 6.45) is 9.87. The molecule has 2 fully saturated rings. The number of nitrogens with zero attached hydrogens (tertiary/aromatic N) is 2. The average Bonchev–Trinajstić information content (AvgIpc) is 2.62. The van der Waals surface area contributed by atoms with Gasteiger partial charge in [0.05, 0.1) is 5.71 Å². The van der Waals surface area contributed by atoms with Gasteiger partial charge in [-0.3, -0.25) is 4.90 Å². The Morgan fingerprint density at radius 3 is 2.71 bits per heavy atom. The molecule has 2 aliphatic rings. The van der Waals surface area contributed by atoms with Crippen molar-refractivity contribution in [3.05, 3.63) is 41.5 Å². The lowest BCUT2D eigenvalue weighted by Crippen LogP contribution is -2.32. The molecule has 24 heavy (non-hydrogen) atoms. The van der Waals surface area contributed by atoms with E-state index in [1.807, 2.05) is 0 Å². The molecule has 1 aromatic carbocycles. The maximum atomic E-state index is 5.72.